The standard InChI is InChI=1S/C28H31ClO10/c1-12-20(33)37-17-11-22(12,2)18-19(32)27(36)14-10-16(31)25(29)8-5-6-15(30)23(25,3)13(14)7-9-26(35)21(34)38-24(17,4)28(18,26)39-27/h5-6,13-14,16-18,31,35-36H,1,7-11H2,2-4H3/t13-,14+,16+,17+,18-,22+,23-,24-,25-,26+,27+,28-/m0/s1. The monoisotopic (exact) mass is 562 g/mol. The van der Waals surface area contributed by atoms with Crippen molar-refractivity contribution in [3.05, 3.63) is 24.3 Å². The maximum Gasteiger partial charge on any atom is 0.342 e. The minimum atomic E-state index is -2.65. The minimum Gasteiger partial charge on any atom is -0.455 e. The van der Waals surface area contributed by atoms with E-state index in [1.807, 2.05) is 0 Å². The molecule has 11 heteroatoms. The first-order chi connectivity index (χ1) is 18.0. The van der Waals surface area contributed by atoms with Gasteiger partial charge in [-0.15, -0.1) is 11.6 Å². The summed E-state index contributed by atoms with van der Waals surface area (Å²) in [7, 11) is 0. The average Bonchev–Trinajstić information content (AvgIpc) is 3.21. The van der Waals surface area contributed by atoms with Gasteiger partial charge in [-0.1, -0.05) is 26.5 Å². The van der Waals surface area contributed by atoms with Crippen molar-refractivity contribution in [2.45, 2.75) is 92.5 Å². The topological polar surface area (TPSA) is 157 Å². The summed E-state index contributed by atoms with van der Waals surface area (Å²) in [4.78, 5) is 53.3. The molecule has 3 N–H and O–H groups in total. The van der Waals surface area contributed by atoms with Crippen molar-refractivity contribution in [3.63, 3.8) is 0 Å². The number of halogens is 1. The van der Waals surface area contributed by atoms with E-state index in [4.69, 9.17) is 25.8 Å². The lowest BCUT2D eigenvalue weighted by molar-refractivity contribution is -0.345. The molecule has 4 saturated heterocycles. The zero-order valence-corrected chi connectivity index (χ0v) is 22.6. The predicted octanol–water partition coefficient (Wildman–Crippen LogP) is 0.871. The van der Waals surface area contributed by atoms with Crippen LogP contribution in [0.5, 0.6) is 0 Å². The smallest absolute Gasteiger partial charge is 0.342 e. The number of carbonyl (C=O) groups is 4. The van der Waals surface area contributed by atoms with Crippen molar-refractivity contribution >= 4 is 35.1 Å². The van der Waals surface area contributed by atoms with Gasteiger partial charge in [-0.2, -0.15) is 0 Å². The third-order valence-electron chi connectivity index (χ3n) is 12.0. The normalized spacial score (nSPS) is 59.1. The van der Waals surface area contributed by atoms with Crippen LogP contribution >= 0.6 is 11.6 Å². The van der Waals surface area contributed by atoms with E-state index in [0.29, 0.717) is 0 Å². The molecule has 39 heavy (non-hydrogen) atoms. The predicted molar refractivity (Wildman–Crippen MR) is 131 cm³/mol. The minimum absolute atomic E-state index is 0.000842. The van der Waals surface area contributed by atoms with Crippen LogP contribution in [0.2, 0.25) is 0 Å². The summed E-state index contributed by atoms with van der Waals surface area (Å²) in [5, 5.41) is 36.1. The molecule has 7 aliphatic rings. The number of carbonyl (C=O) groups excluding carboxylic acids is 4. The van der Waals surface area contributed by atoms with Crippen LogP contribution in [0.25, 0.3) is 0 Å². The Morgan fingerprint density at radius 3 is 2.49 bits per heavy atom. The van der Waals surface area contributed by atoms with Crippen molar-refractivity contribution in [1.29, 1.82) is 0 Å². The maximum absolute atomic E-state index is 14.6. The number of alkyl halides is 1. The first-order valence-electron chi connectivity index (χ1n) is 13.4. The summed E-state index contributed by atoms with van der Waals surface area (Å²) in [5.74, 6) is -9.11. The molecule has 0 aromatic heterocycles. The molecule has 7 rings (SSSR count). The van der Waals surface area contributed by atoms with Crippen LogP contribution in [0.1, 0.15) is 52.9 Å². The van der Waals surface area contributed by atoms with Gasteiger partial charge in [-0.25, -0.2) is 9.59 Å². The Labute approximate surface area is 229 Å². The summed E-state index contributed by atoms with van der Waals surface area (Å²) < 4.78 is 17.9. The van der Waals surface area contributed by atoms with Crippen LogP contribution in [-0.2, 0) is 33.4 Å². The molecular weight excluding hydrogens is 532 g/mol. The fourth-order valence-corrected chi connectivity index (χ4v) is 10.1. The second kappa shape index (κ2) is 6.85. The van der Waals surface area contributed by atoms with Crippen LogP contribution in [0.3, 0.4) is 0 Å². The van der Waals surface area contributed by atoms with Crippen molar-refractivity contribution < 1.29 is 48.7 Å². The molecule has 3 aliphatic carbocycles. The molecule has 12 atom stereocenters. The molecule has 4 heterocycles. The van der Waals surface area contributed by atoms with Crippen molar-refractivity contribution in [2.24, 2.45) is 28.6 Å². The molecule has 1 spiro atoms. The van der Waals surface area contributed by atoms with E-state index in [2.05, 4.69) is 6.58 Å². The second-order valence-corrected chi connectivity index (χ2v) is 13.9. The largest absolute Gasteiger partial charge is 0.455 e. The summed E-state index contributed by atoms with van der Waals surface area (Å²) in [6.07, 6.45) is 0.370. The number of aliphatic hydroxyl groups is 3. The SMILES string of the molecule is C=C1C(=O)O[C@@H]2C[C@@]1(C)[C@@H]1C(=O)[C@]3(O)O[C@@]14[C@@](O)(CC[C@H]1[C@H]3C[C@@H](O)[C@@]3(Cl)CC=CC(=O)[C@]13C)C(=O)O[C@@]24C. The van der Waals surface area contributed by atoms with Gasteiger partial charge < -0.3 is 29.5 Å². The molecule has 4 aliphatic heterocycles. The molecule has 6 fully saturated rings. The highest BCUT2D eigenvalue weighted by atomic mass is 35.5. The quantitative estimate of drug-likeness (QED) is 0.220. The molecule has 0 aromatic rings. The van der Waals surface area contributed by atoms with E-state index in [9.17, 15) is 34.5 Å². The summed E-state index contributed by atoms with van der Waals surface area (Å²) in [6, 6.07) is 0. The third-order valence-corrected chi connectivity index (χ3v) is 12.8. The number of ketones is 2. The van der Waals surface area contributed by atoms with Crippen molar-refractivity contribution in [1.82, 2.24) is 0 Å². The van der Waals surface area contributed by atoms with Gasteiger partial charge in [0.2, 0.25) is 5.79 Å². The fourth-order valence-electron chi connectivity index (χ4n) is 9.73. The van der Waals surface area contributed by atoms with Crippen molar-refractivity contribution in [3.8, 4) is 0 Å². The van der Waals surface area contributed by atoms with Crippen LogP contribution in [0, 0.1) is 28.6 Å². The molecule has 210 valence electrons. The van der Waals surface area contributed by atoms with Gasteiger partial charge in [0.25, 0.3) is 0 Å². The van der Waals surface area contributed by atoms with Crippen molar-refractivity contribution in [2.75, 3.05) is 0 Å². The average molecular weight is 563 g/mol. The zero-order chi connectivity index (χ0) is 28.3. The van der Waals surface area contributed by atoms with Gasteiger partial charge in [0.05, 0.1) is 22.3 Å². The van der Waals surface area contributed by atoms with Gasteiger partial charge in [0.15, 0.2) is 28.4 Å². The number of allylic oxidation sites excluding steroid dienone is 2. The number of ether oxygens (including phenoxy) is 3. The van der Waals surface area contributed by atoms with E-state index in [1.165, 1.54) is 13.0 Å². The van der Waals surface area contributed by atoms with E-state index in [1.54, 1.807) is 19.9 Å². The molecule has 0 unspecified atom stereocenters. The van der Waals surface area contributed by atoms with Crippen LogP contribution in [-0.4, -0.2) is 78.5 Å². The number of aliphatic hydroxyl groups excluding tert-OH is 1. The van der Waals surface area contributed by atoms with Gasteiger partial charge >= 0.3 is 11.9 Å². The lowest BCUT2D eigenvalue weighted by Crippen LogP contribution is -2.77. The Morgan fingerprint density at radius 2 is 1.79 bits per heavy atom. The second-order valence-electron chi connectivity index (χ2n) is 13.2. The molecule has 0 aromatic carbocycles. The molecule has 2 saturated carbocycles. The number of rotatable bonds is 0. The number of esters is 2. The van der Waals surface area contributed by atoms with E-state index < -0.39 is 86.0 Å². The molecule has 4 bridgehead atoms. The number of hydrogen-bond acceptors (Lipinski definition) is 10. The van der Waals surface area contributed by atoms with Crippen LogP contribution < -0.4 is 0 Å². The molecule has 10 nitrogen and oxygen atoms in total. The highest BCUT2D eigenvalue weighted by Crippen LogP contribution is 2.74. The Balaban J connectivity index is 1.51. The van der Waals surface area contributed by atoms with E-state index in [-0.39, 0.29) is 43.5 Å². The number of hydrogen-bond donors (Lipinski definition) is 3. The van der Waals surface area contributed by atoms with Crippen LogP contribution in [0.15, 0.2) is 24.3 Å². The first kappa shape index (κ1) is 25.8. The first-order valence-corrected chi connectivity index (χ1v) is 13.8. The lowest BCUT2D eigenvalue weighted by atomic mass is 9.47. The molecule has 0 radical (unpaired) electrons. The lowest BCUT2D eigenvalue weighted by Gasteiger charge is -2.62. The Hall–Kier alpha value is -2.11. The highest BCUT2D eigenvalue weighted by Gasteiger charge is 2.92. The van der Waals surface area contributed by atoms with E-state index in [0.717, 1.165) is 0 Å². The van der Waals surface area contributed by atoms with Crippen LogP contribution in [0.4, 0.5) is 0 Å². The van der Waals surface area contributed by atoms with Gasteiger partial charge in [-0.3, -0.25) is 9.59 Å². The molecule has 0 amide bonds. The Morgan fingerprint density at radius 1 is 1.10 bits per heavy atom. The number of fused-ring (bicyclic) bond motifs is 9. The van der Waals surface area contributed by atoms with Gasteiger partial charge in [0.1, 0.15) is 6.10 Å². The zero-order valence-electron chi connectivity index (χ0n) is 21.9. The Kier molecular flexibility index (Phi) is 4.53. The fraction of sp³-hybridized carbons (Fsp3) is 0.714. The van der Waals surface area contributed by atoms with Gasteiger partial charge in [0, 0.05) is 16.9 Å². The third kappa shape index (κ3) is 2.30. The Bertz CT molecular complexity index is 1340. The highest BCUT2D eigenvalue weighted by molar-refractivity contribution is 6.28. The van der Waals surface area contributed by atoms with Gasteiger partial charge in [-0.05, 0) is 51.0 Å². The molecular formula is C28H31ClO10. The van der Waals surface area contributed by atoms with E-state index >= 15 is 0 Å². The maximum atomic E-state index is 14.6. The number of Topliss-reactive ketones (excluding diaryl/α,β-unsaturated/α-hetero) is 1. The summed E-state index contributed by atoms with van der Waals surface area (Å²) in [5.41, 5.74) is -9.23. The summed E-state index contributed by atoms with van der Waals surface area (Å²) >= 11 is 7.03. The summed E-state index contributed by atoms with van der Waals surface area (Å²) in [6.45, 7) is 8.57.